The number of amides is 1. The van der Waals surface area contributed by atoms with Crippen LogP contribution in [0.5, 0.6) is 0 Å². The average molecular weight is 328 g/mol. The number of carboxylic acid groups (broad SMARTS) is 1. The van der Waals surface area contributed by atoms with E-state index >= 15 is 0 Å². The Balaban J connectivity index is 3.09. The minimum absolute atomic E-state index is 0.172. The summed E-state index contributed by atoms with van der Waals surface area (Å²) < 4.78 is 0.935. The summed E-state index contributed by atoms with van der Waals surface area (Å²) in [5, 5.41) is 9.49. The number of halogens is 1. The molecule has 1 aromatic carbocycles. The first-order chi connectivity index (χ1) is 8.81. The Bertz CT molecular complexity index is 458. The molecule has 1 rings (SSSR count). The number of aliphatic carboxylic acids is 1. The molecule has 1 N–H and O–H groups in total. The first-order valence-electron chi connectivity index (χ1n) is 6.03. The minimum atomic E-state index is -1.25. The topological polar surface area (TPSA) is 57.6 Å². The van der Waals surface area contributed by atoms with Crippen molar-refractivity contribution in [3.63, 3.8) is 0 Å². The molecule has 0 saturated carbocycles. The Labute approximate surface area is 121 Å². The van der Waals surface area contributed by atoms with E-state index in [4.69, 9.17) is 0 Å². The molecule has 1 atom stereocenters. The predicted octanol–water partition coefficient (Wildman–Crippen LogP) is 2.70. The van der Waals surface area contributed by atoms with E-state index < -0.39 is 11.5 Å². The zero-order valence-corrected chi connectivity index (χ0v) is 12.8. The zero-order valence-electron chi connectivity index (χ0n) is 11.3. The number of carboxylic acids is 1. The van der Waals surface area contributed by atoms with Gasteiger partial charge in [0.15, 0.2) is 0 Å². The fourth-order valence-electron chi connectivity index (χ4n) is 2.08. The normalized spacial score (nSPS) is 13.9. The SMILES string of the molecule is CC(C)N(C=O)C(C)(Cc1ccc(Br)cc1)C(=O)O. The van der Waals surface area contributed by atoms with Crippen molar-refractivity contribution in [3.05, 3.63) is 34.3 Å². The maximum atomic E-state index is 11.6. The van der Waals surface area contributed by atoms with Gasteiger partial charge in [0.05, 0.1) is 0 Å². The largest absolute Gasteiger partial charge is 0.479 e. The Morgan fingerprint density at radius 2 is 1.95 bits per heavy atom. The Hall–Kier alpha value is -1.36. The molecule has 0 aromatic heterocycles. The smallest absolute Gasteiger partial charge is 0.329 e. The third-order valence-electron chi connectivity index (χ3n) is 3.16. The second-order valence-corrected chi connectivity index (χ2v) is 5.90. The monoisotopic (exact) mass is 327 g/mol. The van der Waals surface area contributed by atoms with Crippen LogP contribution in [0.1, 0.15) is 26.3 Å². The van der Waals surface area contributed by atoms with Gasteiger partial charge in [0.2, 0.25) is 6.41 Å². The van der Waals surface area contributed by atoms with Gasteiger partial charge in [0, 0.05) is 16.9 Å². The first kappa shape index (κ1) is 15.7. The fourth-order valence-corrected chi connectivity index (χ4v) is 2.35. The van der Waals surface area contributed by atoms with E-state index in [-0.39, 0.29) is 12.5 Å². The highest BCUT2D eigenvalue weighted by Crippen LogP contribution is 2.23. The van der Waals surface area contributed by atoms with Crippen LogP contribution < -0.4 is 0 Å². The summed E-state index contributed by atoms with van der Waals surface area (Å²) in [5.41, 5.74) is -0.371. The van der Waals surface area contributed by atoms with Crippen LogP contribution in [0.15, 0.2) is 28.7 Å². The third-order valence-corrected chi connectivity index (χ3v) is 3.69. The molecule has 0 bridgehead atoms. The van der Waals surface area contributed by atoms with Crippen molar-refractivity contribution >= 4 is 28.3 Å². The predicted molar refractivity (Wildman–Crippen MR) is 76.9 cm³/mol. The molecular weight excluding hydrogens is 310 g/mol. The quantitative estimate of drug-likeness (QED) is 0.817. The van der Waals surface area contributed by atoms with Crippen molar-refractivity contribution in [2.75, 3.05) is 0 Å². The summed E-state index contributed by atoms with van der Waals surface area (Å²) >= 11 is 3.34. The Morgan fingerprint density at radius 3 is 2.32 bits per heavy atom. The number of benzene rings is 1. The average Bonchev–Trinajstić information content (AvgIpc) is 2.32. The van der Waals surface area contributed by atoms with Crippen LogP contribution in [-0.4, -0.2) is 34.0 Å². The summed E-state index contributed by atoms with van der Waals surface area (Å²) in [6.45, 7) is 5.18. The lowest BCUT2D eigenvalue weighted by Gasteiger charge is -2.38. The molecule has 0 aliphatic rings. The lowest BCUT2D eigenvalue weighted by Crippen LogP contribution is -2.56. The molecule has 0 saturated heterocycles. The highest BCUT2D eigenvalue weighted by molar-refractivity contribution is 9.10. The van der Waals surface area contributed by atoms with Crippen LogP contribution in [0.3, 0.4) is 0 Å². The maximum Gasteiger partial charge on any atom is 0.329 e. The van der Waals surface area contributed by atoms with Gasteiger partial charge in [0.25, 0.3) is 0 Å². The van der Waals surface area contributed by atoms with Gasteiger partial charge in [0.1, 0.15) is 5.54 Å². The van der Waals surface area contributed by atoms with E-state index in [0.717, 1.165) is 10.0 Å². The van der Waals surface area contributed by atoms with Crippen molar-refractivity contribution in [3.8, 4) is 0 Å². The number of carbonyl (C=O) groups excluding carboxylic acids is 1. The van der Waals surface area contributed by atoms with Crippen molar-refractivity contribution in [1.29, 1.82) is 0 Å². The van der Waals surface area contributed by atoms with Crippen molar-refractivity contribution in [1.82, 2.24) is 4.90 Å². The van der Waals surface area contributed by atoms with Gasteiger partial charge in [-0.2, -0.15) is 0 Å². The van der Waals surface area contributed by atoms with Gasteiger partial charge in [-0.25, -0.2) is 4.79 Å². The van der Waals surface area contributed by atoms with Gasteiger partial charge in [-0.15, -0.1) is 0 Å². The van der Waals surface area contributed by atoms with Crippen LogP contribution in [0, 0.1) is 0 Å². The molecule has 0 radical (unpaired) electrons. The highest BCUT2D eigenvalue weighted by Gasteiger charge is 2.40. The summed E-state index contributed by atoms with van der Waals surface area (Å²) in [4.78, 5) is 24.1. The molecule has 4 nitrogen and oxygen atoms in total. The number of hydrogen-bond acceptors (Lipinski definition) is 2. The Kier molecular flexibility index (Phi) is 5.11. The minimum Gasteiger partial charge on any atom is -0.479 e. The summed E-state index contributed by atoms with van der Waals surface area (Å²) in [6, 6.07) is 7.26. The highest BCUT2D eigenvalue weighted by atomic mass is 79.9. The van der Waals surface area contributed by atoms with Crippen molar-refractivity contribution < 1.29 is 14.7 Å². The lowest BCUT2D eigenvalue weighted by atomic mass is 9.90. The molecule has 1 amide bonds. The number of nitrogens with zero attached hydrogens (tertiary/aromatic N) is 1. The Morgan fingerprint density at radius 1 is 1.42 bits per heavy atom. The first-order valence-corrected chi connectivity index (χ1v) is 6.82. The van der Waals surface area contributed by atoms with E-state index in [1.807, 2.05) is 24.3 Å². The molecule has 1 unspecified atom stereocenters. The molecule has 0 aliphatic heterocycles. The van der Waals surface area contributed by atoms with Gasteiger partial charge >= 0.3 is 5.97 Å². The van der Waals surface area contributed by atoms with E-state index in [9.17, 15) is 14.7 Å². The van der Waals surface area contributed by atoms with E-state index in [1.165, 1.54) is 4.90 Å². The molecule has 0 aliphatic carbocycles. The van der Waals surface area contributed by atoms with Crippen LogP contribution >= 0.6 is 15.9 Å². The molecule has 19 heavy (non-hydrogen) atoms. The van der Waals surface area contributed by atoms with Crippen LogP contribution in [0.4, 0.5) is 0 Å². The van der Waals surface area contributed by atoms with Crippen molar-refractivity contribution in [2.24, 2.45) is 0 Å². The second-order valence-electron chi connectivity index (χ2n) is 4.99. The summed E-state index contributed by atoms with van der Waals surface area (Å²) in [6.07, 6.45) is 0.879. The van der Waals surface area contributed by atoms with E-state index in [1.54, 1.807) is 20.8 Å². The molecule has 0 fully saturated rings. The van der Waals surface area contributed by atoms with E-state index in [0.29, 0.717) is 6.41 Å². The van der Waals surface area contributed by atoms with Crippen LogP contribution in [0.2, 0.25) is 0 Å². The second kappa shape index (κ2) is 6.19. The fraction of sp³-hybridized carbons (Fsp3) is 0.429. The molecule has 0 spiro atoms. The van der Waals surface area contributed by atoms with Gasteiger partial charge < -0.3 is 10.0 Å². The van der Waals surface area contributed by atoms with Gasteiger partial charge in [-0.05, 0) is 38.5 Å². The summed E-state index contributed by atoms with van der Waals surface area (Å²) in [5.74, 6) is -1.00. The molecule has 104 valence electrons. The number of rotatable bonds is 6. The van der Waals surface area contributed by atoms with Crippen LogP contribution in [-0.2, 0) is 16.0 Å². The van der Waals surface area contributed by atoms with Crippen molar-refractivity contribution in [2.45, 2.75) is 38.8 Å². The molecule has 5 heteroatoms. The lowest BCUT2D eigenvalue weighted by molar-refractivity contribution is -0.155. The van der Waals surface area contributed by atoms with Gasteiger partial charge in [-0.1, -0.05) is 28.1 Å². The maximum absolute atomic E-state index is 11.6. The summed E-state index contributed by atoms with van der Waals surface area (Å²) in [7, 11) is 0. The molecule has 1 aromatic rings. The molecule has 0 heterocycles. The number of carbonyl (C=O) groups is 2. The third kappa shape index (κ3) is 3.56. The van der Waals surface area contributed by atoms with Crippen LogP contribution in [0.25, 0.3) is 0 Å². The zero-order chi connectivity index (χ0) is 14.6. The van der Waals surface area contributed by atoms with E-state index in [2.05, 4.69) is 15.9 Å². The number of hydrogen-bond donors (Lipinski definition) is 1. The standard InChI is InChI=1S/C14H18BrNO3/c1-10(2)16(9-17)14(3,13(18)19)8-11-4-6-12(15)7-5-11/h4-7,9-10H,8H2,1-3H3,(H,18,19). The molecular formula is C14H18BrNO3. The van der Waals surface area contributed by atoms with Gasteiger partial charge in [-0.3, -0.25) is 4.79 Å².